The van der Waals surface area contributed by atoms with Gasteiger partial charge < -0.3 is 15.0 Å². The number of ether oxygens (including phenoxy) is 1. The molecule has 0 radical (unpaired) electrons. The highest BCUT2D eigenvalue weighted by Gasteiger charge is 2.53. The van der Waals surface area contributed by atoms with Crippen LogP contribution in [0.2, 0.25) is 10.0 Å². The monoisotopic (exact) mass is 388 g/mol. The Morgan fingerprint density at radius 3 is 2.96 bits per heavy atom. The second-order valence-electron chi connectivity index (χ2n) is 7.50. The Labute approximate surface area is 164 Å². The molecule has 0 saturated carbocycles. The van der Waals surface area contributed by atoms with Crippen LogP contribution < -0.4 is 15.0 Å². The SMILES string of the molecule is CCC12CCNCC1c1cc(-c3ccc(Cl)cc3Cl)cc3c1N2CCO3. The number of anilines is 1. The molecule has 2 aromatic carbocycles. The summed E-state index contributed by atoms with van der Waals surface area (Å²) in [5.41, 5.74) is 5.04. The van der Waals surface area contributed by atoms with E-state index in [4.69, 9.17) is 27.9 Å². The molecule has 0 spiro atoms. The molecular formula is C21H22Cl2N2O. The fraction of sp³-hybridized carbons (Fsp3) is 0.429. The lowest BCUT2D eigenvalue weighted by Crippen LogP contribution is -2.57. The van der Waals surface area contributed by atoms with Crippen molar-refractivity contribution in [1.82, 2.24) is 5.32 Å². The van der Waals surface area contributed by atoms with Crippen molar-refractivity contribution < 1.29 is 4.74 Å². The van der Waals surface area contributed by atoms with Gasteiger partial charge >= 0.3 is 0 Å². The van der Waals surface area contributed by atoms with E-state index in [1.165, 1.54) is 17.7 Å². The second-order valence-corrected chi connectivity index (χ2v) is 8.34. The number of piperidine rings is 1. The molecule has 3 nitrogen and oxygen atoms in total. The maximum Gasteiger partial charge on any atom is 0.143 e. The van der Waals surface area contributed by atoms with Gasteiger partial charge in [0, 0.05) is 33.6 Å². The zero-order valence-corrected chi connectivity index (χ0v) is 16.3. The van der Waals surface area contributed by atoms with Gasteiger partial charge in [-0.1, -0.05) is 36.2 Å². The van der Waals surface area contributed by atoms with Crippen LogP contribution in [0, 0.1) is 0 Å². The normalized spacial score (nSPS) is 26.3. The summed E-state index contributed by atoms with van der Waals surface area (Å²) >= 11 is 12.6. The first-order valence-electron chi connectivity index (χ1n) is 9.38. The van der Waals surface area contributed by atoms with E-state index in [0.29, 0.717) is 16.0 Å². The maximum absolute atomic E-state index is 6.50. The first kappa shape index (κ1) is 16.7. The molecule has 1 fully saturated rings. The highest BCUT2D eigenvalue weighted by Crippen LogP contribution is 2.57. The second kappa shape index (κ2) is 6.05. The van der Waals surface area contributed by atoms with E-state index in [9.17, 15) is 0 Å². The summed E-state index contributed by atoms with van der Waals surface area (Å²) in [6.45, 7) is 6.16. The van der Waals surface area contributed by atoms with Gasteiger partial charge in [0.05, 0.1) is 12.2 Å². The van der Waals surface area contributed by atoms with Gasteiger partial charge in [-0.05, 0) is 54.8 Å². The molecule has 26 heavy (non-hydrogen) atoms. The van der Waals surface area contributed by atoms with Crippen LogP contribution in [-0.4, -0.2) is 31.8 Å². The predicted octanol–water partition coefficient (Wildman–Crippen LogP) is 5.10. The van der Waals surface area contributed by atoms with E-state index in [2.05, 4.69) is 29.3 Å². The molecular weight excluding hydrogens is 367 g/mol. The van der Waals surface area contributed by atoms with E-state index >= 15 is 0 Å². The topological polar surface area (TPSA) is 24.5 Å². The molecule has 5 rings (SSSR count). The average molecular weight is 389 g/mol. The third kappa shape index (κ3) is 2.24. The molecule has 3 aliphatic rings. The Morgan fingerprint density at radius 1 is 1.27 bits per heavy atom. The van der Waals surface area contributed by atoms with Crippen LogP contribution in [0.1, 0.15) is 31.2 Å². The highest BCUT2D eigenvalue weighted by molar-refractivity contribution is 6.36. The minimum absolute atomic E-state index is 0.217. The van der Waals surface area contributed by atoms with Gasteiger partial charge in [0.1, 0.15) is 12.4 Å². The third-order valence-electron chi connectivity index (χ3n) is 6.45. The molecule has 3 heterocycles. The fourth-order valence-corrected chi connectivity index (χ4v) is 5.75. The number of nitrogens with zero attached hydrogens (tertiary/aromatic N) is 1. The molecule has 2 unspecified atom stereocenters. The minimum atomic E-state index is 0.217. The average Bonchev–Trinajstić information content (AvgIpc) is 2.94. The summed E-state index contributed by atoms with van der Waals surface area (Å²) in [5, 5.41) is 4.94. The lowest BCUT2D eigenvalue weighted by molar-refractivity contribution is 0.229. The Kier molecular flexibility index (Phi) is 3.89. The third-order valence-corrected chi connectivity index (χ3v) is 6.99. The van der Waals surface area contributed by atoms with Gasteiger partial charge in [-0.15, -0.1) is 0 Å². The van der Waals surface area contributed by atoms with Crippen LogP contribution in [0.25, 0.3) is 11.1 Å². The number of benzene rings is 2. The summed E-state index contributed by atoms with van der Waals surface area (Å²) in [5.74, 6) is 1.49. The number of halogens is 2. The van der Waals surface area contributed by atoms with Gasteiger partial charge in [-0.3, -0.25) is 0 Å². The lowest BCUT2D eigenvalue weighted by Gasteiger charge is -2.47. The summed E-state index contributed by atoms with van der Waals surface area (Å²) in [7, 11) is 0. The Hall–Kier alpha value is -1.42. The van der Waals surface area contributed by atoms with Crippen LogP contribution in [0.4, 0.5) is 5.69 Å². The van der Waals surface area contributed by atoms with Crippen LogP contribution in [-0.2, 0) is 0 Å². The molecule has 1 N–H and O–H groups in total. The first-order chi connectivity index (χ1) is 12.6. The molecule has 0 amide bonds. The molecule has 2 atom stereocenters. The molecule has 1 saturated heterocycles. The van der Waals surface area contributed by atoms with Crippen molar-refractivity contribution in [2.45, 2.75) is 31.2 Å². The Morgan fingerprint density at radius 2 is 2.15 bits per heavy atom. The first-order valence-corrected chi connectivity index (χ1v) is 10.1. The molecule has 0 aromatic heterocycles. The van der Waals surface area contributed by atoms with Crippen molar-refractivity contribution in [2.75, 3.05) is 31.1 Å². The van der Waals surface area contributed by atoms with Crippen molar-refractivity contribution in [3.8, 4) is 16.9 Å². The van der Waals surface area contributed by atoms with Crippen LogP contribution in [0.15, 0.2) is 30.3 Å². The van der Waals surface area contributed by atoms with Gasteiger partial charge in [0.2, 0.25) is 0 Å². The number of nitrogens with one attached hydrogen (secondary N) is 1. The highest BCUT2D eigenvalue weighted by atomic mass is 35.5. The van der Waals surface area contributed by atoms with Gasteiger partial charge in [0.25, 0.3) is 0 Å². The van der Waals surface area contributed by atoms with Gasteiger partial charge in [-0.2, -0.15) is 0 Å². The quantitative estimate of drug-likeness (QED) is 0.774. The molecule has 5 heteroatoms. The lowest BCUT2D eigenvalue weighted by atomic mass is 9.75. The molecule has 3 aliphatic heterocycles. The standard InChI is InChI=1S/C21H22Cl2N2O/c1-2-21-5-6-24-12-17(21)16-9-13(15-4-3-14(22)11-18(15)23)10-19-20(16)25(21)7-8-26-19/h3-4,9-11,17,24H,2,5-8,12H2,1H3. The van der Waals surface area contributed by atoms with Crippen molar-refractivity contribution in [3.05, 3.63) is 45.9 Å². The predicted molar refractivity (Wildman–Crippen MR) is 108 cm³/mol. The van der Waals surface area contributed by atoms with Crippen molar-refractivity contribution >= 4 is 28.9 Å². The number of rotatable bonds is 2. The largest absolute Gasteiger partial charge is 0.490 e. The number of fused-ring (bicyclic) bond motifs is 3. The van der Waals surface area contributed by atoms with E-state index in [0.717, 1.165) is 49.5 Å². The maximum atomic E-state index is 6.50. The molecule has 0 aliphatic carbocycles. The van der Waals surface area contributed by atoms with Crippen LogP contribution in [0.3, 0.4) is 0 Å². The Bertz CT molecular complexity index is 885. The fourth-order valence-electron chi connectivity index (χ4n) is 5.23. The van der Waals surface area contributed by atoms with Crippen molar-refractivity contribution in [2.24, 2.45) is 0 Å². The zero-order chi connectivity index (χ0) is 17.9. The zero-order valence-electron chi connectivity index (χ0n) is 14.8. The smallest absolute Gasteiger partial charge is 0.143 e. The molecule has 2 aromatic rings. The summed E-state index contributed by atoms with van der Waals surface area (Å²) in [4.78, 5) is 2.64. The summed E-state index contributed by atoms with van der Waals surface area (Å²) < 4.78 is 6.10. The van der Waals surface area contributed by atoms with E-state index in [1.807, 2.05) is 18.2 Å². The molecule has 136 valence electrons. The number of hydrogen-bond donors (Lipinski definition) is 1. The number of hydrogen-bond acceptors (Lipinski definition) is 3. The van der Waals surface area contributed by atoms with E-state index in [-0.39, 0.29) is 5.54 Å². The summed E-state index contributed by atoms with van der Waals surface area (Å²) in [6.07, 6.45) is 2.34. The Balaban J connectivity index is 1.71. The van der Waals surface area contributed by atoms with E-state index < -0.39 is 0 Å². The van der Waals surface area contributed by atoms with Gasteiger partial charge in [-0.25, -0.2) is 0 Å². The van der Waals surface area contributed by atoms with Crippen LogP contribution >= 0.6 is 23.2 Å². The van der Waals surface area contributed by atoms with Crippen molar-refractivity contribution in [3.63, 3.8) is 0 Å². The van der Waals surface area contributed by atoms with Gasteiger partial charge in [0.15, 0.2) is 0 Å². The summed E-state index contributed by atoms with van der Waals surface area (Å²) in [6, 6.07) is 10.2. The van der Waals surface area contributed by atoms with E-state index in [1.54, 1.807) is 0 Å². The minimum Gasteiger partial charge on any atom is -0.490 e. The molecule has 0 bridgehead atoms. The van der Waals surface area contributed by atoms with Crippen molar-refractivity contribution in [1.29, 1.82) is 0 Å². The van der Waals surface area contributed by atoms with Crippen LogP contribution in [0.5, 0.6) is 5.75 Å².